The lowest BCUT2D eigenvalue weighted by molar-refractivity contribution is -0.384. The summed E-state index contributed by atoms with van der Waals surface area (Å²) in [4.78, 5) is 14.9. The van der Waals surface area contributed by atoms with Crippen molar-refractivity contribution < 1.29 is 9.34 Å². The van der Waals surface area contributed by atoms with Crippen molar-refractivity contribution in [2.45, 2.75) is 33.4 Å². The van der Waals surface area contributed by atoms with Crippen LogP contribution < -0.4 is 5.32 Å². The third kappa shape index (κ3) is 3.03. The van der Waals surface area contributed by atoms with E-state index < -0.39 is 0 Å². The quantitative estimate of drug-likeness (QED) is 0.670. The van der Waals surface area contributed by atoms with Gasteiger partial charge in [0.15, 0.2) is 5.76 Å². The van der Waals surface area contributed by atoms with Crippen molar-refractivity contribution in [3.8, 4) is 11.3 Å². The SMILES string of the molecule is Cc1cccc(-c2cnc(CNC(C)C)o2)c1[N+](=O)[O-]. The van der Waals surface area contributed by atoms with E-state index in [0.29, 0.717) is 35.4 Å². The Morgan fingerprint density at radius 2 is 2.20 bits per heavy atom. The maximum atomic E-state index is 11.2. The minimum absolute atomic E-state index is 0.0621. The second kappa shape index (κ2) is 5.83. The Balaban J connectivity index is 2.33. The molecule has 6 heteroatoms. The van der Waals surface area contributed by atoms with Gasteiger partial charge in [0.2, 0.25) is 5.89 Å². The molecular formula is C14H17N3O3. The molecule has 0 aliphatic heterocycles. The molecule has 0 bridgehead atoms. The molecule has 0 saturated heterocycles. The van der Waals surface area contributed by atoms with Gasteiger partial charge in [0, 0.05) is 11.6 Å². The number of benzene rings is 1. The first-order valence-electron chi connectivity index (χ1n) is 6.41. The third-order valence-electron chi connectivity index (χ3n) is 2.90. The summed E-state index contributed by atoms with van der Waals surface area (Å²) in [5.41, 5.74) is 1.12. The lowest BCUT2D eigenvalue weighted by atomic mass is 10.1. The second-order valence-corrected chi connectivity index (χ2v) is 4.88. The Morgan fingerprint density at radius 3 is 2.85 bits per heavy atom. The fourth-order valence-corrected chi connectivity index (χ4v) is 1.91. The summed E-state index contributed by atoms with van der Waals surface area (Å²) in [7, 11) is 0. The number of nitrogens with zero attached hydrogens (tertiary/aromatic N) is 2. The summed E-state index contributed by atoms with van der Waals surface area (Å²) in [5, 5.41) is 14.4. The van der Waals surface area contributed by atoms with Crippen molar-refractivity contribution >= 4 is 5.69 Å². The molecule has 2 rings (SSSR count). The number of nitro benzene ring substituents is 1. The average Bonchev–Trinajstić information content (AvgIpc) is 2.84. The highest BCUT2D eigenvalue weighted by Gasteiger charge is 2.21. The van der Waals surface area contributed by atoms with Gasteiger partial charge in [-0.2, -0.15) is 0 Å². The van der Waals surface area contributed by atoms with Crippen molar-refractivity contribution in [2.75, 3.05) is 0 Å². The van der Waals surface area contributed by atoms with Crippen molar-refractivity contribution in [3.63, 3.8) is 0 Å². The molecule has 1 heterocycles. The maximum Gasteiger partial charge on any atom is 0.283 e. The van der Waals surface area contributed by atoms with E-state index in [9.17, 15) is 10.1 Å². The predicted molar refractivity (Wildman–Crippen MR) is 75.3 cm³/mol. The number of rotatable bonds is 5. The van der Waals surface area contributed by atoms with Gasteiger partial charge in [-0.15, -0.1) is 0 Å². The molecule has 20 heavy (non-hydrogen) atoms. The number of aromatic nitrogens is 1. The van der Waals surface area contributed by atoms with Crippen LogP contribution in [0.1, 0.15) is 25.3 Å². The van der Waals surface area contributed by atoms with Crippen LogP contribution in [0.5, 0.6) is 0 Å². The zero-order valence-corrected chi connectivity index (χ0v) is 11.7. The molecule has 0 unspecified atom stereocenters. The first-order chi connectivity index (χ1) is 9.49. The number of aryl methyl sites for hydroxylation is 1. The van der Waals surface area contributed by atoms with Crippen molar-refractivity contribution in [1.82, 2.24) is 10.3 Å². The fourth-order valence-electron chi connectivity index (χ4n) is 1.91. The van der Waals surface area contributed by atoms with E-state index in [0.717, 1.165) is 0 Å². The molecule has 0 amide bonds. The standard InChI is InChI=1S/C14H17N3O3/c1-9(2)15-8-13-16-7-12(20-13)11-6-4-5-10(3)14(11)17(18)19/h4-7,9,15H,8H2,1-3H3. The van der Waals surface area contributed by atoms with E-state index in [1.807, 2.05) is 13.8 Å². The Bertz CT molecular complexity index is 620. The molecule has 0 aliphatic carbocycles. The zero-order valence-electron chi connectivity index (χ0n) is 11.7. The molecule has 1 aromatic heterocycles. The Labute approximate surface area is 117 Å². The van der Waals surface area contributed by atoms with Crippen molar-refractivity contribution in [1.29, 1.82) is 0 Å². The summed E-state index contributed by atoms with van der Waals surface area (Å²) in [6.45, 7) is 6.25. The highest BCUT2D eigenvalue weighted by Crippen LogP contribution is 2.32. The summed E-state index contributed by atoms with van der Waals surface area (Å²) in [6.07, 6.45) is 1.53. The van der Waals surface area contributed by atoms with Crippen LogP contribution in [-0.4, -0.2) is 15.9 Å². The first-order valence-corrected chi connectivity index (χ1v) is 6.41. The minimum atomic E-state index is -0.390. The Kier molecular flexibility index (Phi) is 4.14. The van der Waals surface area contributed by atoms with Crippen molar-refractivity contribution in [2.24, 2.45) is 0 Å². The monoisotopic (exact) mass is 275 g/mol. The number of para-hydroxylation sites is 1. The third-order valence-corrected chi connectivity index (χ3v) is 2.90. The minimum Gasteiger partial charge on any atom is -0.439 e. The van der Waals surface area contributed by atoms with Gasteiger partial charge in [-0.25, -0.2) is 4.98 Å². The average molecular weight is 275 g/mol. The van der Waals surface area contributed by atoms with Gasteiger partial charge in [-0.05, 0) is 13.0 Å². The number of nitro groups is 1. The molecule has 0 saturated carbocycles. The normalized spacial score (nSPS) is 11.0. The van der Waals surface area contributed by atoms with Crippen LogP contribution in [0.4, 0.5) is 5.69 Å². The Morgan fingerprint density at radius 1 is 1.45 bits per heavy atom. The van der Waals surface area contributed by atoms with Gasteiger partial charge in [0.05, 0.1) is 23.2 Å². The largest absolute Gasteiger partial charge is 0.439 e. The molecule has 1 N–H and O–H groups in total. The maximum absolute atomic E-state index is 11.2. The molecular weight excluding hydrogens is 258 g/mol. The predicted octanol–water partition coefficient (Wildman–Crippen LogP) is 3.06. The molecule has 1 aromatic carbocycles. The summed E-state index contributed by atoms with van der Waals surface area (Å²) < 4.78 is 5.59. The number of nitrogens with one attached hydrogen (secondary N) is 1. The number of oxazole rings is 1. The van der Waals surface area contributed by atoms with Crippen LogP contribution in [0.2, 0.25) is 0 Å². The lowest BCUT2D eigenvalue weighted by Gasteiger charge is -2.04. The van der Waals surface area contributed by atoms with Gasteiger partial charge in [-0.3, -0.25) is 10.1 Å². The van der Waals surface area contributed by atoms with Crippen LogP contribution in [0, 0.1) is 17.0 Å². The summed E-state index contributed by atoms with van der Waals surface area (Å²) in [6, 6.07) is 5.47. The summed E-state index contributed by atoms with van der Waals surface area (Å²) in [5.74, 6) is 0.936. The topological polar surface area (TPSA) is 81.2 Å². The molecule has 0 aliphatic rings. The van der Waals surface area contributed by atoms with Gasteiger partial charge < -0.3 is 9.73 Å². The van der Waals surface area contributed by atoms with E-state index in [1.54, 1.807) is 25.1 Å². The van der Waals surface area contributed by atoms with Crippen LogP contribution in [0.25, 0.3) is 11.3 Å². The van der Waals surface area contributed by atoms with Crippen LogP contribution in [0.3, 0.4) is 0 Å². The van der Waals surface area contributed by atoms with Gasteiger partial charge in [-0.1, -0.05) is 26.0 Å². The van der Waals surface area contributed by atoms with E-state index in [1.165, 1.54) is 6.20 Å². The zero-order chi connectivity index (χ0) is 14.7. The lowest BCUT2D eigenvalue weighted by Crippen LogP contribution is -2.21. The van der Waals surface area contributed by atoms with Gasteiger partial charge in [0.1, 0.15) is 0 Å². The van der Waals surface area contributed by atoms with E-state index >= 15 is 0 Å². The smallest absolute Gasteiger partial charge is 0.283 e. The number of hydrogen-bond acceptors (Lipinski definition) is 5. The van der Waals surface area contributed by atoms with Crippen LogP contribution in [-0.2, 0) is 6.54 Å². The summed E-state index contributed by atoms with van der Waals surface area (Å²) >= 11 is 0. The van der Waals surface area contributed by atoms with Gasteiger partial charge in [0.25, 0.3) is 5.69 Å². The highest BCUT2D eigenvalue weighted by molar-refractivity contribution is 5.71. The second-order valence-electron chi connectivity index (χ2n) is 4.88. The van der Waals surface area contributed by atoms with Crippen LogP contribution in [0.15, 0.2) is 28.8 Å². The molecule has 6 nitrogen and oxygen atoms in total. The molecule has 106 valence electrons. The van der Waals surface area contributed by atoms with E-state index in [2.05, 4.69) is 10.3 Å². The molecule has 0 radical (unpaired) electrons. The molecule has 0 spiro atoms. The van der Waals surface area contributed by atoms with Crippen LogP contribution >= 0.6 is 0 Å². The number of hydrogen-bond donors (Lipinski definition) is 1. The Hall–Kier alpha value is -2.21. The molecule has 0 fully saturated rings. The molecule has 0 atom stereocenters. The van der Waals surface area contributed by atoms with Gasteiger partial charge >= 0.3 is 0 Å². The van der Waals surface area contributed by atoms with E-state index in [4.69, 9.17) is 4.42 Å². The van der Waals surface area contributed by atoms with Crippen molar-refractivity contribution in [3.05, 3.63) is 46.0 Å². The fraction of sp³-hybridized carbons (Fsp3) is 0.357. The van der Waals surface area contributed by atoms with E-state index in [-0.39, 0.29) is 10.6 Å². The molecule has 2 aromatic rings. The highest BCUT2D eigenvalue weighted by atomic mass is 16.6. The first kappa shape index (κ1) is 14.2.